The number of carbonyl (C=O) groups excluding carboxylic acids is 1. The highest BCUT2D eigenvalue weighted by Gasteiger charge is 2.18. The van der Waals surface area contributed by atoms with E-state index >= 15 is 0 Å². The summed E-state index contributed by atoms with van der Waals surface area (Å²) in [4.78, 5) is 22.6. The van der Waals surface area contributed by atoms with Crippen molar-refractivity contribution in [3.8, 4) is 11.4 Å². The van der Waals surface area contributed by atoms with Crippen LogP contribution in [0.4, 0.5) is 5.82 Å². The fourth-order valence-electron chi connectivity index (χ4n) is 2.24. The minimum atomic E-state index is -0.212. The molecule has 0 fully saturated rings. The van der Waals surface area contributed by atoms with Crippen LogP contribution >= 0.6 is 0 Å². The number of benzene rings is 1. The van der Waals surface area contributed by atoms with Crippen LogP contribution in [0.5, 0.6) is 0 Å². The molecular weight excluding hydrogens is 278 g/mol. The third-order valence-corrected chi connectivity index (χ3v) is 3.48. The van der Waals surface area contributed by atoms with Gasteiger partial charge in [0.2, 0.25) is 0 Å². The molecule has 0 amide bonds. The predicted octanol–water partition coefficient (Wildman–Crippen LogP) is 2.78. The first-order valence-electron chi connectivity index (χ1n) is 7.37. The molecule has 116 valence electrons. The number of carbonyl (C=O) groups is 1. The van der Waals surface area contributed by atoms with Gasteiger partial charge in [-0.15, -0.1) is 0 Å². The molecule has 0 saturated carbocycles. The van der Waals surface area contributed by atoms with Crippen molar-refractivity contribution in [1.82, 2.24) is 9.97 Å². The first-order valence-corrected chi connectivity index (χ1v) is 7.37. The highest BCUT2D eigenvalue weighted by atomic mass is 16.5. The summed E-state index contributed by atoms with van der Waals surface area (Å²) in [5.41, 5.74) is 0.974. The zero-order chi connectivity index (χ0) is 15.9. The number of ether oxygens (including phenoxy) is 1. The van der Waals surface area contributed by atoms with Crippen LogP contribution in [0.15, 0.2) is 42.6 Å². The van der Waals surface area contributed by atoms with Gasteiger partial charge < -0.3 is 9.64 Å². The lowest BCUT2D eigenvalue weighted by Crippen LogP contribution is -2.33. The van der Waals surface area contributed by atoms with Crippen LogP contribution in [0.3, 0.4) is 0 Å². The van der Waals surface area contributed by atoms with Crippen molar-refractivity contribution in [2.45, 2.75) is 13.8 Å². The Morgan fingerprint density at radius 2 is 2.00 bits per heavy atom. The van der Waals surface area contributed by atoms with Crippen molar-refractivity contribution in [3.05, 3.63) is 42.6 Å². The van der Waals surface area contributed by atoms with Gasteiger partial charge >= 0.3 is 5.97 Å². The summed E-state index contributed by atoms with van der Waals surface area (Å²) in [6.45, 7) is 5.21. The maximum absolute atomic E-state index is 11.6. The van der Waals surface area contributed by atoms with E-state index in [0.29, 0.717) is 12.4 Å². The van der Waals surface area contributed by atoms with Gasteiger partial charge in [0, 0.05) is 24.8 Å². The Morgan fingerprint density at radius 1 is 1.27 bits per heavy atom. The summed E-state index contributed by atoms with van der Waals surface area (Å²) in [5, 5.41) is 0. The molecule has 0 aliphatic heterocycles. The molecule has 1 aromatic carbocycles. The molecule has 0 aliphatic rings. The van der Waals surface area contributed by atoms with Gasteiger partial charge in [-0.05, 0) is 13.0 Å². The van der Waals surface area contributed by atoms with E-state index in [9.17, 15) is 4.79 Å². The molecule has 5 heteroatoms. The fourth-order valence-corrected chi connectivity index (χ4v) is 2.24. The molecule has 2 rings (SSSR count). The van der Waals surface area contributed by atoms with Gasteiger partial charge in [-0.1, -0.05) is 37.3 Å². The molecule has 22 heavy (non-hydrogen) atoms. The number of rotatable bonds is 6. The highest BCUT2D eigenvalue weighted by Crippen LogP contribution is 2.19. The lowest BCUT2D eigenvalue weighted by Gasteiger charge is -2.24. The maximum Gasteiger partial charge on any atom is 0.310 e. The number of methoxy groups -OCH3 is 1. The quantitative estimate of drug-likeness (QED) is 0.768. The molecule has 0 N–H and O–H groups in total. The van der Waals surface area contributed by atoms with Gasteiger partial charge in [-0.25, -0.2) is 9.97 Å². The predicted molar refractivity (Wildman–Crippen MR) is 86.5 cm³/mol. The second-order valence-electron chi connectivity index (χ2n) is 5.07. The molecule has 5 nitrogen and oxygen atoms in total. The van der Waals surface area contributed by atoms with Crippen LogP contribution in [0.25, 0.3) is 11.4 Å². The Bertz CT molecular complexity index is 616. The van der Waals surface area contributed by atoms with E-state index in [1.54, 1.807) is 6.20 Å². The van der Waals surface area contributed by atoms with Crippen molar-refractivity contribution in [2.75, 3.05) is 25.1 Å². The summed E-state index contributed by atoms with van der Waals surface area (Å²) < 4.78 is 4.79. The first-order chi connectivity index (χ1) is 10.7. The molecule has 2 aromatic rings. The van der Waals surface area contributed by atoms with Gasteiger partial charge in [0.15, 0.2) is 5.82 Å². The monoisotopic (exact) mass is 299 g/mol. The van der Waals surface area contributed by atoms with Crippen molar-refractivity contribution in [3.63, 3.8) is 0 Å². The van der Waals surface area contributed by atoms with Crippen molar-refractivity contribution in [2.24, 2.45) is 5.92 Å². The Balaban J connectivity index is 2.21. The second-order valence-corrected chi connectivity index (χ2v) is 5.07. The SMILES string of the molecule is CCN(CC(C)C(=O)OC)c1ccnc(-c2ccccc2)n1. The average molecular weight is 299 g/mol. The fraction of sp³-hybridized carbons (Fsp3) is 0.353. The molecule has 1 aromatic heterocycles. The Morgan fingerprint density at radius 3 is 2.64 bits per heavy atom. The van der Waals surface area contributed by atoms with Crippen molar-refractivity contribution < 1.29 is 9.53 Å². The summed E-state index contributed by atoms with van der Waals surface area (Å²) in [6.07, 6.45) is 1.75. The van der Waals surface area contributed by atoms with Gasteiger partial charge in [0.05, 0.1) is 13.0 Å². The lowest BCUT2D eigenvalue weighted by molar-refractivity contribution is -0.144. The molecule has 1 heterocycles. The van der Waals surface area contributed by atoms with Crippen LogP contribution in [0, 0.1) is 5.92 Å². The maximum atomic E-state index is 11.6. The van der Waals surface area contributed by atoms with E-state index < -0.39 is 0 Å². The van der Waals surface area contributed by atoms with E-state index in [-0.39, 0.29) is 11.9 Å². The van der Waals surface area contributed by atoms with E-state index in [1.165, 1.54) is 7.11 Å². The Kier molecular flexibility index (Phi) is 5.47. The zero-order valence-corrected chi connectivity index (χ0v) is 13.2. The highest BCUT2D eigenvalue weighted by molar-refractivity contribution is 5.72. The topological polar surface area (TPSA) is 55.3 Å². The largest absolute Gasteiger partial charge is 0.469 e. The van der Waals surface area contributed by atoms with Crippen molar-refractivity contribution in [1.29, 1.82) is 0 Å². The number of anilines is 1. The number of aromatic nitrogens is 2. The van der Waals surface area contributed by atoms with Gasteiger partial charge in [-0.3, -0.25) is 4.79 Å². The standard InChI is InChI=1S/C17H21N3O2/c1-4-20(12-13(2)17(21)22-3)15-10-11-18-16(19-15)14-8-6-5-7-9-14/h5-11,13H,4,12H2,1-3H3. The smallest absolute Gasteiger partial charge is 0.310 e. The molecule has 1 atom stereocenters. The minimum Gasteiger partial charge on any atom is -0.469 e. The van der Waals surface area contributed by atoms with Crippen LogP contribution in [-0.2, 0) is 9.53 Å². The molecule has 0 saturated heterocycles. The minimum absolute atomic E-state index is 0.208. The third kappa shape index (κ3) is 3.81. The molecule has 1 unspecified atom stereocenters. The molecular formula is C17H21N3O2. The molecule has 0 aliphatic carbocycles. The van der Waals surface area contributed by atoms with E-state index in [4.69, 9.17) is 4.74 Å². The normalized spacial score (nSPS) is 11.8. The lowest BCUT2D eigenvalue weighted by atomic mass is 10.1. The first kappa shape index (κ1) is 15.9. The van der Waals surface area contributed by atoms with Gasteiger partial charge in [0.1, 0.15) is 5.82 Å². The van der Waals surface area contributed by atoms with Crippen LogP contribution < -0.4 is 4.90 Å². The Labute approximate surface area is 131 Å². The van der Waals surface area contributed by atoms with Crippen LogP contribution in [-0.4, -0.2) is 36.1 Å². The molecule has 0 spiro atoms. The Hall–Kier alpha value is -2.43. The molecule has 0 bridgehead atoms. The third-order valence-electron chi connectivity index (χ3n) is 3.48. The summed E-state index contributed by atoms with van der Waals surface area (Å²) in [6, 6.07) is 11.7. The number of esters is 1. The number of hydrogen-bond donors (Lipinski definition) is 0. The summed E-state index contributed by atoms with van der Waals surface area (Å²) in [5.74, 6) is 1.07. The van der Waals surface area contributed by atoms with Gasteiger partial charge in [-0.2, -0.15) is 0 Å². The number of hydrogen-bond acceptors (Lipinski definition) is 5. The van der Waals surface area contributed by atoms with Crippen LogP contribution in [0.2, 0.25) is 0 Å². The number of nitrogens with zero attached hydrogens (tertiary/aromatic N) is 3. The average Bonchev–Trinajstić information content (AvgIpc) is 2.59. The summed E-state index contributed by atoms with van der Waals surface area (Å²) in [7, 11) is 1.41. The second kappa shape index (κ2) is 7.54. The molecule has 0 radical (unpaired) electrons. The van der Waals surface area contributed by atoms with Crippen molar-refractivity contribution >= 4 is 11.8 Å². The van der Waals surface area contributed by atoms with E-state index in [0.717, 1.165) is 17.9 Å². The van der Waals surface area contributed by atoms with E-state index in [1.807, 2.05) is 50.2 Å². The van der Waals surface area contributed by atoms with E-state index in [2.05, 4.69) is 14.9 Å². The summed E-state index contributed by atoms with van der Waals surface area (Å²) >= 11 is 0. The van der Waals surface area contributed by atoms with Crippen LogP contribution in [0.1, 0.15) is 13.8 Å². The zero-order valence-electron chi connectivity index (χ0n) is 13.2. The van der Waals surface area contributed by atoms with Gasteiger partial charge in [0.25, 0.3) is 0 Å².